The van der Waals surface area contributed by atoms with Crippen LogP contribution in [-0.2, 0) is 4.74 Å². The van der Waals surface area contributed by atoms with Crippen LogP contribution < -0.4 is 5.73 Å². The molecule has 1 aliphatic heterocycles. The minimum Gasteiger partial charge on any atom is -0.465 e. The van der Waals surface area contributed by atoms with E-state index in [1.165, 1.54) is 0 Å². The first kappa shape index (κ1) is 12.6. The number of methoxy groups -OCH3 is 1. The molecule has 0 amide bonds. The first-order valence-corrected chi connectivity index (χ1v) is 6.27. The third kappa shape index (κ3) is 2.89. The second-order valence-corrected chi connectivity index (χ2v) is 4.73. The summed E-state index contributed by atoms with van der Waals surface area (Å²) in [5.74, 6) is 1.94. The molecule has 1 aliphatic rings. The van der Waals surface area contributed by atoms with E-state index in [2.05, 4.69) is 4.90 Å². The molecule has 0 radical (unpaired) electrons. The largest absolute Gasteiger partial charge is 0.465 e. The lowest BCUT2D eigenvalue weighted by atomic mass is 9.95. The molecule has 0 aromatic carbocycles. The van der Waals surface area contributed by atoms with Crippen LogP contribution in [0.25, 0.3) is 0 Å². The van der Waals surface area contributed by atoms with Gasteiger partial charge in [0.1, 0.15) is 11.5 Å². The van der Waals surface area contributed by atoms with E-state index in [4.69, 9.17) is 14.9 Å². The van der Waals surface area contributed by atoms with Crippen molar-refractivity contribution in [3.8, 4) is 0 Å². The molecular formula is C13H22N2O2. The van der Waals surface area contributed by atoms with Gasteiger partial charge in [0, 0.05) is 19.7 Å². The van der Waals surface area contributed by atoms with E-state index in [0.717, 1.165) is 44.1 Å². The highest BCUT2D eigenvalue weighted by molar-refractivity contribution is 5.13. The molecule has 0 bridgehead atoms. The van der Waals surface area contributed by atoms with Crippen LogP contribution in [0, 0.1) is 6.92 Å². The zero-order valence-corrected chi connectivity index (χ0v) is 10.7. The van der Waals surface area contributed by atoms with Gasteiger partial charge in [0.15, 0.2) is 0 Å². The first-order chi connectivity index (χ1) is 8.22. The van der Waals surface area contributed by atoms with Crippen molar-refractivity contribution in [2.45, 2.75) is 31.8 Å². The van der Waals surface area contributed by atoms with E-state index < -0.39 is 0 Å². The van der Waals surface area contributed by atoms with Gasteiger partial charge in [-0.2, -0.15) is 0 Å². The van der Waals surface area contributed by atoms with Crippen molar-refractivity contribution in [2.24, 2.45) is 5.73 Å². The quantitative estimate of drug-likeness (QED) is 0.867. The zero-order chi connectivity index (χ0) is 12.3. The van der Waals surface area contributed by atoms with Gasteiger partial charge in [0.25, 0.3) is 0 Å². The Balaban J connectivity index is 2.12. The zero-order valence-electron chi connectivity index (χ0n) is 10.7. The van der Waals surface area contributed by atoms with Gasteiger partial charge in [-0.05, 0) is 38.4 Å². The van der Waals surface area contributed by atoms with Crippen molar-refractivity contribution in [3.05, 3.63) is 23.7 Å². The van der Waals surface area contributed by atoms with Crippen LogP contribution in [0.2, 0.25) is 0 Å². The summed E-state index contributed by atoms with van der Waals surface area (Å²) in [6.07, 6.45) is 2.22. The average Bonchev–Trinajstić information content (AvgIpc) is 2.73. The normalized spacial score (nSPS) is 26.3. The van der Waals surface area contributed by atoms with Gasteiger partial charge in [-0.3, -0.25) is 4.90 Å². The minimum absolute atomic E-state index is 0.158. The van der Waals surface area contributed by atoms with Crippen LogP contribution in [0.5, 0.6) is 0 Å². The Morgan fingerprint density at radius 2 is 2.35 bits per heavy atom. The third-order valence-electron chi connectivity index (χ3n) is 3.42. The predicted molar refractivity (Wildman–Crippen MR) is 66.8 cm³/mol. The van der Waals surface area contributed by atoms with Crippen LogP contribution in [0.3, 0.4) is 0 Å². The molecule has 1 saturated heterocycles. The smallest absolute Gasteiger partial charge is 0.122 e. The minimum atomic E-state index is 0.158. The average molecular weight is 238 g/mol. The summed E-state index contributed by atoms with van der Waals surface area (Å²) < 4.78 is 10.9. The summed E-state index contributed by atoms with van der Waals surface area (Å²) in [5.41, 5.74) is 6.24. The van der Waals surface area contributed by atoms with Gasteiger partial charge in [0.05, 0.1) is 12.6 Å². The molecule has 2 atom stereocenters. The number of hydrogen-bond acceptors (Lipinski definition) is 4. The second kappa shape index (κ2) is 5.67. The Hall–Kier alpha value is -0.840. The molecule has 0 aliphatic carbocycles. The second-order valence-electron chi connectivity index (χ2n) is 4.73. The molecule has 1 aromatic rings. The fraction of sp³-hybridized carbons (Fsp3) is 0.692. The van der Waals surface area contributed by atoms with Gasteiger partial charge in [-0.15, -0.1) is 0 Å². The predicted octanol–water partition coefficient (Wildman–Crippen LogP) is 1.70. The van der Waals surface area contributed by atoms with Crippen molar-refractivity contribution in [1.82, 2.24) is 4.90 Å². The number of nitrogens with two attached hydrogens (primary N) is 1. The fourth-order valence-corrected chi connectivity index (χ4v) is 2.56. The highest BCUT2D eigenvalue weighted by Gasteiger charge is 2.32. The maximum atomic E-state index is 6.24. The number of piperidine rings is 1. The van der Waals surface area contributed by atoms with Crippen molar-refractivity contribution < 1.29 is 9.15 Å². The summed E-state index contributed by atoms with van der Waals surface area (Å²) in [7, 11) is 1.73. The summed E-state index contributed by atoms with van der Waals surface area (Å²) in [5, 5.41) is 0. The molecule has 2 unspecified atom stereocenters. The van der Waals surface area contributed by atoms with E-state index in [0.29, 0.717) is 0 Å². The summed E-state index contributed by atoms with van der Waals surface area (Å²) in [4.78, 5) is 2.37. The Morgan fingerprint density at radius 1 is 1.53 bits per heavy atom. The molecular weight excluding hydrogens is 216 g/mol. The standard InChI is InChI=1S/C13H22N2O2/c1-10-5-6-12(17-10)13-11(14)4-3-7-15(13)8-9-16-2/h5-6,11,13H,3-4,7-9,14H2,1-2H3. The Morgan fingerprint density at radius 3 is 3.00 bits per heavy atom. The van der Waals surface area contributed by atoms with Gasteiger partial charge in [-0.25, -0.2) is 0 Å². The SMILES string of the molecule is COCCN1CCCC(N)C1c1ccc(C)o1. The molecule has 0 spiro atoms. The molecule has 4 heteroatoms. The van der Waals surface area contributed by atoms with E-state index in [-0.39, 0.29) is 12.1 Å². The number of rotatable bonds is 4. The van der Waals surface area contributed by atoms with Crippen molar-refractivity contribution >= 4 is 0 Å². The van der Waals surface area contributed by atoms with Gasteiger partial charge in [0.2, 0.25) is 0 Å². The molecule has 0 saturated carbocycles. The van der Waals surface area contributed by atoms with E-state index >= 15 is 0 Å². The lowest BCUT2D eigenvalue weighted by Gasteiger charge is -2.38. The lowest BCUT2D eigenvalue weighted by molar-refractivity contribution is 0.0737. The summed E-state index contributed by atoms with van der Waals surface area (Å²) >= 11 is 0. The number of ether oxygens (including phenoxy) is 1. The molecule has 2 rings (SSSR count). The monoisotopic (exact) mass is 238 g/mol. The Bertz CT molecular complexity index is 351. The molecule has 2 N–H and O–H groups in total. The number of nitrogens with zero attached hydrogens (tertiary/aromatic N) is 1. The lowest BCUT2D eigenvalue weighted by Crippen LogP contribution is -2.46. The Kier molecular flexibility index (Phi) is 4.20. The van der Waals surface area contributed by atoms with Gasteiger partial charge >= 0.3 is 0 Å². The van der Waals surface area contributed by atoms with Gasteiger partial charge in [-0.1, -0.05) is 0 Å². The first-order valence-electron chi connectivity index (χ1n) is 6.27. The van der Waals surface area contributed by atoms with E-state index in [1.54, 1.807) is 7.11 Å². The fourth-order valence-electron chi connectivity index (χ4n) is 2.56. The number of hydrogen-bond donors (Lipinski definition) is 1. The molecule has 96 valence electrons. The third-order valence-corrected chi connectivity index (χ3v) is 3.42. The van der Waals surface area contributed by atoms with Crippen LogP contribution in [0.15, 0.2) is 16.5 Å². The molecule has 2 heterocycles. The van der Waals surface area contributed by atoms with E-state index in [1.807, 2.05) is 19.1 Å². The number of likely N-dealkylation sites (tertiary alicyclic amines) is 1. The maximum Gasteiger partial charge on any atom is 0.122 e. The highest BCUT2D eigenvalue weighted by atomic mass is 16.5. The molecule has 4 nitrogen and oxygen atoms in total. The topological polar surface area (TPSA) is 51.6 Å². The van der Waals surface area contributed by atoms with Crippen molar-refractivity contribution in [2.75, 3.05) is 26.8 Å². The van der Waals surface area contributed by atoms with Crippen LogP contribution in [0.1, 0.15) is 30.4 Å². The number of furan rings is 1. The van der Waals surface area contributed by atoms with Crippen molar-refractivity contribution in [1.29, 1.82) is 0 Å². The number of aryl methyl sites for hydroxylation is 1. The van der Waals surface area contributed by atoms with Gasteiger partial charge < -0.3 is 14.9 Å². The molecule has 17 heavy (non-hydrogen) atoms. The highest BCUT2D eigenvalue weighted by Crippen LogP contribution is 2.30. The maximum absolute atomic E-state index is 6.24. The summed E-state index contributed by atoms with van der Waals surface area (Å²) in [6.45, 7) is 4.69. The van der Waals surface area contributed by atoms with Crippen molar-refractivity contribution in [3.63, 3.8) is 0 Å². The van der Waals surface area contributed by atoms with Crippen LogP contribution in [-0.4, -0.2) is 37.7 Å². The molecule has 1 aromatic heterocycles. The molecule has 1 fully saturated rings. The summed E-state index contributed by atoms with van der Waals surface area (Å²) in [6, 6.07) is 4.41. The van der Waals surface area contributed by atoms with E-state index in [9.17, 15) is 0 Å². The van der Waals surface area contributed by atoms with Crippen LogP contribution in [0.4, 0.5) is 0 Å². The van der Waals surface area contributed by atoms with Crippen LogP contribution >= 0.6 is 0 Å². The Labute approximate surface area is 103 Å².